The zero-order chi connectivity index (χ0) is 20.4. The Balaban J connectivity index is 1.55. The minimum atomic E-state index is -0.503. The van der Waals surface area contributed by atoms with Crippen molar-refractivity contribution in [2.45, 2.75) is 24.8 Å². The number of benzene rings is 1. The quantitative estimate of drug-likeness (QED) is 0.377. The molecule has 0 aliphatic heterocycles. The summed E-state index contributed by atoms with van der Waals surface area (Å²) < 4.78 is 12.4. The lowest BCUT2D eigenvalue weighted by atomic mass is 10.2. The number of fused-ring (bicyclic) bond motifs is 1. The van der Waals surface area contributed by atoms with Crippen LogP contribution in [0.4, 0.5) is 5.82 Å². The maximum atomic E-state index is 12.2. The molecule has 0 aliphatic carbocycles. The molecule has 4 rings (SSSR count). The number of hydrogen-bond donors (Lipinski definition) is 1. The van der Waals surface area contributed by atoms with E-state index >= 15 is 0 Å². The predicted octanol–water partition coefficient (Wildman–Crippen LogP) is 3.16. The van der Waals surface area contributed by atoms with Crippen molar-refractivity contribution in [3.63, 3.8) is 0 Å². The normalized spacial score (nSPS) is 11.1. The lowest BCUT2D eigenvalue weighted by molar-refractivity contribution is 0.0526. The fraction of sp³-hybridized carbons (Fsp3) is 0.211. The minimum absolute atomic E-state index is 0.174. The maximum Gasteiger partial charge on any atom is 0.342 e. The van der Waals surface area contributed by atoms with Gasteiger partial charge >= 0.3 is 5.97 Å². The summed E-state index contributed by atoms with van der Waals surface area (Å²) in [4.78, 5) is 25.2. The molecule has 3 aromatic heterocycles. The van der Waals surface area contributed by atoms with E-state index in [-0.39, 0.29) is 23.7 Å². The molecule has 0 atom stereocenters. The number of furan rings is 1. The van der Waals surface area contributed by atoms with E-state index in [2.05, 4.69) is 20.1 Å². The molecule has 29 heavy (non-hydrogen) atoms. The van der Waals surface area contributed by atoms with Crippen LogP contribution >= 0.6 is 11.8 Å². The molecule has 10 heteroatoms. The van der Waals surface area contributed by atoms with Gasteiger partial charge in [-0.15, -0.1) is 5.10 Å². The van der Waals surface area contributed by atoms with Gasteiger partial charge in [-0.2, -0.15) is 4.98 Å². The van der Waals surface area contributed by atoms with E-state index < -0.39 is 5.97 Å². The van der Waals surface area contributed by atoms with E-state index in [0.717, 1.165) is 5.69 Å². The minimum Gasteiger partial charge on any atom is -0.462 e. The first-order chi connectivity index (χ1) is 14.1. The number of hydrogen-bond acceptors (Lipinski definition) is 9. The molecule has 0 saturated carbocycles. The molecular weight excluding hydrogens is 392 g/mol. The van der Waals surface area contributed by atoms with Gasteiger partial charge in [0.2, 0.25) is 10.9 Å². The highest BCUT2D eigenvalue weighted by Crippen LogP contribution is 2.30. The van der Waals surface area contributed by atoms with Gasteiger partial charge in [0.05, 0.1) is 23.4 Å². The fourth-order valence-electron chi connectivity index (χ4n) is 2.85. The van der Waals surface area contributed by atoms with Crippen LogP contribution in [0.3, 0.4) is 0 Å². The molecule has 9 nitrogen and oxygen atoms in total. The zero-order valence-electron chi connectivity index (χ0n) is 15.8. The first-order valence-corrected chi connectivity index (χ1v) is 9.88. The third kappa shape index (κ3) is 3.79. The van der Waals surface area contributed by atoms with Crippen LogP contribution in [0.2, 0.25) is 0 Å². The van der Waals surface area contributed by atoms with Crippen LogP contribution in [0.1, 0.15) is 28.9 Å². The molecule has 148 valence electrons. The molecule has 3 heterocycles. The number of anilines is 1. The van der Waals surface area contributed by atoms with Crippen LogP contribution in [0.25, 0.3) is 16.8 Å². The van der Waals surface area contributed by atoms with E-state index in [9.17, 15) is 4.79 Å². The highest BCUT2D eigenvalue weighted by molar-refractivity contribution is 7.98. The maximum absolute atomic E-state index is 12.2. The van der Waals surface area contributed by atoms with E-state index in [0.29, 0.717) is 27.9 Å². The number of carbonyl (C=O) groups excluding carboxylic acids is 1. The van der Waals surface area contributed by atoms with Gasteiger partial charge in [-0.3, -0.25) is 0 Å². The molecule has 1 aromatic carbocycles. The van der Waals surface area contributed by atoms with Crippen LogP contribution in [0, 0.1) is 6.92 Å². The third-order valence-corrected chi connectivity index (χ3v) is 4.95. The average Bonchev–Trinajstić information content (AvgIpc) is 3.31. The van der Waals surface area contributed by atoms with Crippen molar-refractivity contribution >= 4 is 34.6 Å². The number of aryl methyl sites for hydroxylation is 1. The van der Waals surface area contributed by atoms with Crippen LogP contribution < -0.4 is 5.73 Å². The molecule has 2 N–H and O–H groups in total. The Hall–Kier alpha value is -3.40. The molecule has 0 saturated heterocycles. The Morgan fingerprint density at radius 1 is 1.28 bits per heavy atom. The molecule has 4 aromatic rings. The van der Waals surface area contributed by atoms with Crippen molar-refractivity contribution in [2.24, 2.45) is 0 Å². The van der Waals surface area contributed by atoms with Gasteiger partial charge in [0, 0.05) is 0 Å². The lowest BCUT2D eigenvalue weighted by Gasteiger charge is -2.03. The van der Waals surface area contributed by atoms with Gasteiger partial charge in [-0.25, -0.2) is 19.4 Å². The van der Waals surface area contributed by atoms with Crippen molar-refractivity contribution < 1.29 is 13.9 Å². The predicted molar refractivity (Wildman–Crippen MR) is 108 cm³/mol. The second kappa shape index (κ2) is 7.92. The average molecular weight is 410 g/mol. The van der Waals surface area contributed by atoms with Crippen molar-refractivity contribution in [3.05, 3.63) is 53.8 Å². The van der Waals surface area contributed by atoms with E-state index in [1.54, 1.807) is 24.9 Å². The van der Waals surface area contributed by atoms with Crippen LogP contribution in [-0.2, 0) is 10.5 Å². The summed E-state index contributed by atoms with van der Waals surface area (Å²) in [6.07, 6.45) is 1.65. The third-order valence-electron chi connectivity index (χ3n) is 4.10. The number of nitrogens with zero attached hydrogens (tertiary/aromatic N) is 5. The van der Waals surface area contributed by atoms with E-state index in [1.807, 2.05) is 30.3 Å². The van der Waals surface area contributed by atoms with E-state index in [4.69, 9.17) is 14.9 Å². The van der Waals surface area contributed by atoms with Crippen molar-refractivity contribution in [3.8, 4) is 5.69 Å². The molecular formula is C19H18N6O3S. The summed E-state index contributed by atoms with van der Waals surface area (Å²) in [5.41, 5.74) is 7.54. The highest BCUT2D eigenvalue weighted by Gasteiger charge is 2.24. The molecule has 0 unspecified atom stereocenters. The Morgan fingerprint density at radius 2 is 2.07 bits per heavy atom. The van der Waals surface area contributed by atoms with Crippen LogP contribution in [-0.4, -0.2) is 37.3 Å². The number of nitrogen functional groups attached to an aromatic ring is 1. The van der Waals surface area contributed by atoms with Gasteiger partial charge in [0.1, 0.15) is 29.3 Å². The topological polar surface area (TPSA) is 122 Å². The molecule has 0 amide bonds. The lowest BCUT2D eigenvalue weighted by Crippen LogP contribution is -2.07. The Labute approximate surface area is 170 Å². The molecule has 0 radical (unpaired) electrons. The van der Waals surface area contributed by atoms with Crippen LogP contribution in [0.5, 0.6) is 0 Å². The second-order valence-corrected chi connectivity index (χ2v) is 7.00. The number of esters is 1. The van der Waals surface area contributed by atoms with Gasteiger partial charge in [-0.1, -0.05) is 30.0 Å². The van der Waals surface area contributed by atoms with E-state index in [1.165, 1.54) is 11.8 Å². The van der Waals surface area contributed by atoms with Gasteiger partial charge in [0.15, 0.2) is 0 Å². The van der Waals surface area contributed by atoms with Gasteiger partial charge in [-0.05, 0) is 26.0 Å². The Kier molecular flexibility index (Phi) is 5.17. The second-order valence-electron chi connectivity index (χ2n) is 6.05. The Morgan fingerprint density at radius 3 is 2.83 bits per heavy atom. The molecule has 0 fully saturated rings. The first-order valence-electron chi connectivity index (χ1n) is 8.89. The van der Waals surface area contributed by atoms with Crippen molar-refractivity contribution in [1.82, 2.24) is 24.7 Å². The van der Waals surface area contributed by atoms with Gasteiger partial charge < -0.3 is 14.9 Å². The van der Waals surface area contributed by atoms with Crippen LogP contribution in [0.15, 0.2) is 46.2 Å². The van der Waals surface area contributed by atoms with Gasteiger partial charge in [0.25, 0.3) is 0 Å². The number of thioether (sulfide) groups is 1. The molecule has 0 aliphatic rings. The van der Waals surface area contributed by atoms with Crippen molar-refractivity contribution in [1.29, 1.82) is 0 Å². The van der Waals surface area contributed by atoms with Crippen molar-refractivity contribution in [2.75, 3.05) is 12.3 Å². The Bertz CT molecular complexity index is 1170. The summed E-state index contributed by atoms with van der Waals surface area (Å²) >= 11 is 1.37. The summed E-state index contributed by atoms with van der Waals surface area (Å²) in [6.45, 7) is 3.66. The highest BCUT2D eigenvalue weighted by atomic mass is 32.2. The molecule has 0 spiro atoms. The summed E-state index contributed by atoms with van der Waals surface area (Å²) in [5, 5.41) is 5.40. The number of para-hydroxylation sites is 1. The standard InChI is InChI=1S/C19H18N6O3S/c1-3-27-18(26)14-11(2)28-17-15(14)16(20)22-13(23-17)9-29-19-21-10-25(24-19)12-7-5-4-6-8-12/h4-8,10H,3,9H2,1-2H3,(H2,20,22,23). The zero-order valence-corrected chi connectivity index (χ0v) is 16.6. The molecule has 0 bridgehead atoms. The number of nitrogens with two attached hydrogens (primary N) is 1. The smallest absolute Gasteiger partial charge is 0.342 e. The summed E-state index contributed by atoms with van der Waals surface area (Å²) in [7, 11) is 0. The fourth-order valence-corrected chi connectivity index (χ4v) is 3.50. The number of ether oxygens (including phenoxy) is 1. The summed E-state index contributed by atoms with van der Waals surface area (Å²) in [5.74, 6) is 0.922. The number of carbonyl (C=O) groups is 1. The summed E-state index contributed by atoms with van der Waals surface area (Å²) in [6, 6.07) is 9.71. The largest absolute Gasteiger partial charge is 0.462 e. The first kappa shape index (κ1) is 18.9. The monoisotopic (exact) mass is 410 g/mol. The number of rotatable bonds is 6. The number of aromatic nitrogens is 5. The SMILES string of the molecule is CCOC(=O)c1c(C)oc2nc(CSc3ncn(-c4ccccc4)n3)nc(N)c12.